The number of nitrogens with one attached hydrogen (secondary N) is 2. The van der Waals surface area contributed by atoms with Crippen LogP contribution in [0, 0.1) is 5.92 Å². The van der Waals surface area contributed by atoms with Gasteiger partial charge in [-0.3, -0.25) is 14.4 Å². The molecule has 0 aliphatic carbocycles. The van der Waals surface area contributed by atoms with Crippen molar-refractivity contribution in [3.8, 4) is 0 Å². The van der Waals surface area contributed by atoms with Gasteiger partial charge in [-0.1, -0.05) is 64.5 Å². The van der Waals surface area contributed by atoms with Crippen molar-refractivity contribution < 1.29 is 14.4 Å². The number of thiocarbonyl (C=S) groups is 1. The van der Waals surface area contributed by atoms with Gasteiger partial charge in [-0.15, -0.1) is 0 Å². The van der Waals surface area contributed by atoms with Crippen LogP contribution in [0.15, 0.2) is 59.1 Å². The summed E-state index contributed by atoms with van der Waals surface area (Å²) >= 11 is 8.33. The lowest BCUT2D eigenvalue weighted by atomic mass is 9.79. The lowest BCUT2D eigenvalue weighted by Crippen LogP contribution is -2.57. The zero-order valence-electron chi connectivity index (χ0n) is 13.6. The Morgan fingerprint density at radius 3 is 2.19 bits per heavy atom. The Kier molecular flexibility index (Phi) is 5.58. The molecule has 0 saturated carbocycles. The highest BCUT2D eigenvalue weighted by Gasteiger charge is 2.41. The third-order valence-corrected chi connectivity index (χ3v) is 5.17. The number of Topliss-reactive ketones (excluding diaryl/α,β-unsaturated/α-hetero) is 1. The van der Waals surface area contributed by atoms with Crippen molar-refractivity contribution in [1.29, 1.82) is 0 Å². The second kappa shape index (κ2) is 7.88. The van der Waals surface area contributed by atoms with E-state index in [1.807, 2.05) is 24.3 Å². The number of hydrogen-bond acceptors (Lipinski definition) is 4. The molecule has 1 saturated heterocycles. The molecular formula is C19H15BrN2O3S. The number of benzene rings is 2. The minimum absolute atomic E-state index is 0.0171. The topological polar surface area (TPSA) is 75.3 Å². The van der Waals surface area contributed by atoms with E-state index < -0.39 is 23.7 Å². The summed E-state index contributed by atoms with van der Waals surface area (Å²) in [4.78, 5) is 37.7. The van der Waals surface area contributed by atoms with E-state index in [0.717, 1.165) is 10.0 Å². The van der Waals surface area contributed by atoms with Gasteiger partial charge in [0.25, 0.3) is 0 Å². The molecule has 1 heterocycles. The summed E-state index contributed by atoms with van der Waals surface area (Å²) in [5.41, 5.74) is 1.26. The normalized spacial score (nSPS) is 16.0. The van der Waals surface area contributed by atoms with Crippen molar-refractivity contribution in [1.82, 2.24) is 10.6 Å². The van der Waals surface area contributed by atoms with E-state index in [0.29, 0.717) is 5.56 Å². The smallest absolute Gasteiger partial charge is 0.239 e. The molecule has 26 heavy (non-hydrogen) atoms. The molecule has 2 aromatic rings. The Morgan fingerprint density at radius 2 is 1.58 bits per heavy atom. The van der Waals surface area contributed by atoms with Gasteiger partial charge in [0.05, 0.1) is 0 Å². The predicted molar refractivity (Wildman–Crippen MR) is 105 cm³/mol. The van der Waals surface area contributed by atoms with Gasteiger partial charge >= 0.3 is 0 Å². The van der Waals surface area contributed by atoms with Crippen molar-refractivity contribution in [2.45, 2.75) is 12.3 Å². The summed E-state index contributed by atoms with van der Waals surface area (Å²) in [6, 6.07) is 16.1. The lowest BCUT2D eigenvalue weighted by molar-refractivity contribution is -0.136. The Labute approximate surface area is 164 Å². The average molecular weight is 431 g/mol. The first-order valence-corrected chi connectivity index (χ1v) is 9.16. The van der Waals surface area contributed by atoms with Crippen LogP contribution in [0.3, 0.4) is 0 Å². The van der Waals surface area contributed by atoms with Gasteiger partial charge in [-0.05, 0) is 23.8 Å². The molecule has 0 bridgehead atoms. The fraction of sp³-hybridized carbons (Fsp3) is 0.158. The molecule has 132 valence electrons. The second-order valence-corrected chi connectivity index (χ2v) is 7.17. The van der Waals surface area contributed by atoms with Crippen LogP contribution in [-0.2, 0) is 9.59 Å². The third kappa shape index (κ3) is 3.89. The van der Waals surface area contributed by atoms with Gasteiger partial charge < -0.3 is 10.6 Å². The van der Waals surface area contributed by atoms with Gasteiger partial charge in [-0.2, -0.15) is 0 Å². The molecule has 0 radical (unpaired) electrons. The molecule has 0 spiro atoms. The highest BCUT2D eigenvalue weighted by molar-refractivity contribution is 9.10. The lowest BCUT2D eigenvalue weighted by Gasteiger charge is -2.29. The first-order valence-electron chi connectivity index (χ1n) is 7.95. The molecule has 0 unspecified atom stereocenters. The second-order valence-electron chi connectivity index (χ2n) is 5.91. The third-order valence-electron chi connectivity index (χ3n) is 4.25. The molecule has 2 N–H and O–H groups in total. The van der Waals surface area contributed by atoms with Crippen LogP contribution >= 0.6 is 28.1 Å². The van der Waals surface area contributed by atoms with Crippen LogP contribution in [0.5, 0.6) is 0 Å². The molecule has 3 rings (SSSR count). The average Bonchev–Trinajstić information content (AvgIpc) is 2.61. The molecule has 5 nitrogen and oxygen atoms in total. The van der Waals surface area contributed by atoms with E-state index in [-0.39, 0.29) is 17.3 Å². The number of ketones is 1. The maximum absolute atomic E-state index is 12.8. The maximum atomic E-state index is 12.8. The van der Waals surface area contributed by atoms with Crippen LogP contribution < -0.4 is 10.6 Å². The van der Waals surface area contributed by atoms with Gasteiger partial charge in [-0.25, -0.2) is 0 Å². The zero-order chi connectivity index (χ0) is 18.7. The number of carbonyl (C=O) groups is 3. The van der Waals surface area contributed by atoms with E-state index >= 15 is 0 Å². The molecule has 7 heteroatoms. The summed E-state index contributed by atoms with van der Waals surface area (Å²) in [6.07, 6.45) is 0.0187. The van der Waals surface area contributed by atoms with E-state index in [1.54, 1.807) is 30.3 Å². The molecule has 0 aromatic heterocycles. The quantitative estimate of drug-likeness (QED) is 0.434. The zero-order valence-corrected chi connectivity index (χ0v) is 16.0. The van der Waals surface area contributed by atoms with Crippen LogP contribution in [0.4, 0.5) is 0 Å². The Hall–Kier alpha value is -2.38. The van der Waals surface area contributed by atoms with Gasteiger partial charge in [0.15, 0.2) is 10.9 Å². The summed E-state index contributed by atoms with van der Waals surface area (Å²) < 4.78 is 0.736. The largest absolute Gasteiger partial charge is 0.302 e. The Morgan fingerprint density at radius 1 is 1.00 bits per heavy atom. The van der Waals surface area contributed by atoms with E-state index in [2.05, 4.69) is 26.6 Å². The highest BCUT2D eigenvalue weighted by Crippen LogP contribution is 2.35. The Balaban J connectivity index is 1.99. The fourth-order valence-electron chi connectivity index (χ4n) is 3.02. The standard InChI is InChI=1S/C19H15BrN2O3S/c20-14-9-5-4-8-12(14)13(10-15(23)11-6-2-1-3-7-11)16-17(24)21-19(26)22-18(16)25/h1-9,13,16H,10H2,(H2,21,22,24,25,26)/t13-/m1/s1. The Bertz CT molecular complexity index is 865. The molecule has 1 atom stereocenters. The van der Waals surface area contributed by atoms with Crippen molar-refractivity contribution in [2.24, 2.45) is 5.92 Å². The summed E-state index contributed by atoms with van der Waals surface area (Å²) in [6.45, 7) is 0. The number of halogens is 1. The van der Waals surface area contributed by atoms with Crippen molar-refractivity contribution in [2.75, 3.05) is 0 Å². The van der Waals surface area contributed by atoms with Crippen LogP contribution in [-0.4, -0.2) is 22.7 Å². The number of hydrogen-bond donors (Lipinski definition) is 2. The predicted octanol–water partition coefficient (Wildman–Crippen LogP) is 2.95. The number of rotatable bonds is 5. The van der Waals surface area contributed by atoms with Crippen molar-refractivity contribution in [3.05, 3.63) is 70.2 Å². The van der Waals surface area contributed by atoms with Crippen molar-refractivity contribution in [3.63, 3.8) is 0 Å². The van der Waals surface area contributed by atoms with Gasteiger partial charge in [0, 0.05) is 22.4 Å². The fourth-order valence-corrected chi connectivity index (χ4v) is 3.80. The minimum atomic E-state index is -1.05. The van der Waals surface area contributed by atoms with E-state index in [1.165, 1.54) is 0 Å². The summed E-state index contributed by atoms with van der Waals surface area (Å²) in [5.74, 6) is -2.81. The van der Waals surface area contributed by atoms with Gasteiger partial charge in [0.1, 0.15) is 5.92 Å². The van der Waals surface area contributed by atoms with Crippen LogP contribution in [0.25, 0.3) is 0 Å². The molecule has 2 aromatic carbocycles. The first-order chi connectivity index (χ1) is 12.5. The monoisotopic (exact) mass is 430 g/mol. The maximum Gasteiger partial charge on any atom is 0.239 e. The molecule has 1 fully saturated rings. The van der Waals surface area contributed by atoms with E-state index in [4.69, 9.17) is 12.2 Å². The first kappa shape index (κ1) is 18.4. The molecular weight excluding hydrogens is 416 g/mol. The number of carbonyl (C=O) groups excluding carboxylic acids is 3. The SMILES string of the molecule is O=C(C[C@H](c1ccccc1Br)C1C(=O)NC(=S)NC1=O)c1ccccc1. The van der Waals surface area contributed by atoms with Gasteiger partial charge in [0.2, 0.25) is 11.8 Å². The summed E-state index contributed by atoms with van der Waals surface area (Å²) in [5, 5.41) is 4.94. The molecule has 1 aliphatic heterocycles. The van der Waals surface area contributed by atoms with Crippen LogP contribution in [0.1, 0.15) is 28.3 Å². The van der Waals surface area contributed by atoms with Crippen molar-refractivity contribution >= 4 is 50.9 Å². The minimum Gasteiger partial charge on any atom is -0.302 e. The molecule has 2 amide bonds. The number of amides is 2. The van der Waals surface area contributed by atoms with E-state index in [9.17, 15) is 14.4 Å². The highest BCUT2D eigenvalue weighted by atomic mass is 79.9. The molecule has 1 aliphatic rings. The van der Waals surface area contributed by atoms with Crippen LogP contribution in [0.2, 0.25) is 0 Å². The summed E-state index contributed by atoms with van der Waals surface area (Å²) in [7, 11) is 0.